The van der Waals surface area contributed by atoms with Crippen LogP contribution in [0.4, 0.5) is 0 Å². The summed E-state index contributed by atoms with van der Waals surface area (Å²) in [6, 6.07) is 17.9. The second-order valence-corrected chi connectivity index (χ2v) is 6.37. The molecule has 1 unspecified atom stereocenters. The SMILES string of the molecule is CC(CC(=O)c1cc(=O)[nH]c(-c2ccccc2)n1)c1cccc(Cl)c1. The van der Waals surface area contributed by atoms with Crippen LogP contribution in [0.3, 0.4) is 0 Å². The summed E-state index contributed by atoms with van der Waals surface area (Å²) in [4.78, 5) is 31.5. The van der Waals surface area contributed by atoms with E-state index in [1.54, 1.807) is 6.07 Å². The number of H-pyrrole nitrogens is 1. The molecule has 0 saturated heterocycles. The summed E-state index contributed by atoms with van der Waals surface area (Å²) in [7, 11) is 0. The number of Topliss-reactive ketones (excluding diaryl/α,β-unsaturated/α-hetero) is 1. The van der Waals surface area contributed by atoms with Gasteiger partial charge in [0, 0.05) is 23.1 Å². The maximum absolute atomic E-state index is 12.6. The van der Waals surface area contributed by atoms with Gasteiger partial charge in [-0.15, -0.1) is 0 Å². The van der Waals surface area contributed by atoms with Crippen molar-refractivity contribution in [1.29, 1.82) is 0 Å². The van der Waals surface area contributed by atoms with Crippen LogP contribution in [0.25, 0.3) is 11.4 Å². The number of hydrogen-bond acceptors (Lipinski definition) is 3. The Balaban J connectivity index is 1.85. The fourth-order valence-corrected chi connectivity index (χ4v) is 2.85. The highest BCUT2D eigenvalue weighted by atomic mass is 35.5. The number of carbonyl (C=O) groups is 1. The van der Waals surface area contributed by atoms with Crippen LogP contribution in [0.1, 0.15) is 35.3 Å². The van der Waals surface area contributed by atoms with Crippen molar-refractivity contribution in [2.45, 2.75) is 19.3 Å². The number of halogens is 1. The molecule has 1 atom stereocenters. The number of carbonyl (C=O) groups excluding carboxylic acids is 1. The number of aromatic amines is 1. The molecule has 0 bridgehead atoms. The molecule has 126 valence electrons. The second kappa shape index (κ2) is 7.45. The van der Waals surface area contributed by atoms with E-state index in [-0.39, 0.29) is 29.4 Å². The quantitative estimate of drug-likeness (QED) is 0.689. The van der Waals surface area contributed by atoms with Gasteiger partial charge in [0.15, 0.2) is 5.78 Å². The first kappa shape index (κ1) is 17.1. The third kappa shape index (κ3) is 4.22. The van der Waals surface area contributed by atoms with E-state index in [0.29, 0.717) is 10.8 Å². The Morgan fingerprint density at radius 2 is 1.88 bits per heavy atom. The van der Waals surface area contributed by atoms with Crippen LogP contribution < -0.4 is 5.56 Å². The van der Waals surface area contributed by atoms with E-state index in [2.05, 4.69) is 9.97 Å². The molecule has 0 amide bonds. The van der Waals surface area contributed by atoms with Crippen molar-refractivity contribution in [2.24, 2.45) is 0 Å². The van der Waals surface area contributed by atoms with E-state index in [1.165, 1.54) is 6.07 Å². The van der Waals surface area contributed by atoms with Gasteiger partial charge in [-0.05, 0) is 23.6 Å². The number of aromatic nitrogens is 2. The average molecular weight is 353 g/mol. The van der Waals surface area contributed by atoms with Crippen molar-refractivity contribution in [3.8, 4) is 11.4 Å². The number of benzene rings is 2. The highest BCUT2D eigenvalue weighted by molar-refractivity contribution is 6.30. The van der Waals surface area contributed by atoms with Crippen molar-refractivity contribution in [2.75, 3.05) is 0 Å². The molecule has 0 aliphatic carbocycles. The van der Waals surface area contributed by atoms with Gasteiger partial charge in [-0.1, -0.05) is 61.0 Å². The number of ketones is 1. The van der Waals surface area contributed by atoms with Gasteiger partial charge in [0.2, 0.25) is 0 Å². The van der Waals surface area contributed by atoms with E-state index >= 15 is 0 Å². The summed E-state index contributed by atoms with van der Waals surface area (Å²) in [5.41, 5.74) is 1.58. The zero-order valence-electron chi connectivity index (χ0n) is 13.7. The molecule has 0 radical (unpaired) electrons. The Hall–Kier alpha value is -2.72. The van der Waals surface area contributed by atoms with Crippen LogP contribution in [0.2, 0.25) is 5.02 Å². The topological polar surface area (TPSA) is 62.8 Å². The van der Waals surface area contributed by atoms with Crippen LogP contribution in [0.5, 0.6) is 0 Å². The summed E-state index contributed by atoms with van der Waals surface area (Å²) in [6.07, 6.45) is 0.255. The van der Waals surface area contributed by atoms with Crippen LogP contribution in [-0.4, -0.2) is 15.8 Å². The summed E-state index contributed by atoms with van der Waals surface area (Å²) < 4.78 is 0. The predicted molar refractivity (Wildman–Crippen MR) is 99.1 cm³/mol. The number of rotatable bonds is 5. The van der Waals surface area contributed by atoms with Gasteiger partial charge in [-0.3, -0.25) is 9.59 Å². The lowest BCUT2D eigenvalue weighted by Gasteiger charge is -2.11. The maximum atomic E-state index is 12.6. The fourth-order valence-electron chi connectivity index (χ4n) is 2.65. The number of hydrogen-bond donors (Lipinski definition) is 1. The van der Waals surface area contributed by atoms with Crippen LogP contribution in [-0.2, 0) is 0 Å². The standard InChI is InChI=1S/C20H17ClN2O2/c1-13(15-8-5-9-16(21)11-15)10-18(24)17-12-19(25)23-20(22-17)14-6-3-2-4-7-14/h2-9,11-13H,10H2,1H3,(H,22,23,25). The molecule has 1 N–H and O–H groups in total. The summed E-state index contributed by atoms with van der Waals surface area (Å²) in [5.74, 6) is 0.204. The van der Waals surface area contributed by atoms with E-state index in [4.69, 9.17) is 11.6 Å². The van der Waals surface area contributed by atoms with Gasteiger partial charge >= 0.3 is 0 Å². The third-order valence-electron chi connectivity index (χ3n) is 3.98. The summed E-state index contributed by atoms with van der Waals surface area (Å²) in [5, 5.41) is 0.637. The molecule has 1 heterocycles. The molecular formula is C20H17ClN2O2. The Kier molecular flexibility index (Phi) is 5.10. The molecular weight excluding hydrogens is 336 g/mol. The molecule has 4 nitrogen and oxygen atoms in total. The smallest absolute Gasteiger partial charge is 0.251 e. The first-order valence-corrected chi connectivity index (χ1v) is 8.36. The molecule has 5 heteroatoms. The summed E-state index contributed by atoms with van der Waals surface area (Å²) in [6.45, 7) is 1.95. The highest BCUT2D eigenvalue weighted by Crippen LogP contribution is 2.23. The second-order valence-electron chi connectivity index (χ2n) is 5.93. The maximum Gasteiger partial charge on any atom is 0.251 e. The lowest BCUT2D eigenvalue weighted by molar-refractivity contribution is 0.0970. The molecule has 0 spiro atoms. The monoisotopic (exact) mass is 352 g/mol. The van der Waals surface area contributed by atoms with Crippen LogP contribution in [0.15, 0.2) is 65.5 Å². The Morgan fingerprint density at radius 3 is 2.60 bits per heavy atom. The Morgan fingerprint density at radius 1 is 1.12 bits per heavy atom. The molecule has 1 aromatic heterocycles. The van der Waals surface area contributed by atoms with Crippen LogP contribution in [0, 0.1) is 0 Å². The first-order chi connectivity index (χ1) is 12.0. The van der Waals surface area contributed by atoms with Gasteiger partial charge in [-0.2, -0.15) is 0 Å². The summed E-state index contributed by atoms with van der Waals surface area (Å²) >= 11 is 6.01. The fraction of sp³-hybridized carbons (Fsp3) is 0.150. The molecule has 25 heavy (non-hydrogen) atoms. The van der Waals surface area contributed by atoms with Crippen molar-refractivity contribution in [3.63, 3.8) is 0 Å². The molecule has 0 saturated carbocycles. The molecule has 0 aliphatic rings. The van der Waals surface area contributed by atoms with E-state index in [9.17, 15) is 9.59 Å². The molecule has 3 aromatic rings. The van der Waals surface area contributed by atoms with Gasteiger partial charge in [0.25, 0.3) is 5.56 Å². The van der Waals surface area contributed by atoms with E-state index < -0.39 is 0 Å². The van der Waals surface area contributed by atoms with Gasteiger partial charge in [-0.25, -0.2) is 4.98 Å². The predicted octanol–water partition coefficient (Wildman–Crippen LogP) is 4.47. The minimum absolute atomic E-state index is 0.0209. The van der Waals surface area contributed by atoms with Gasteiger partial charge in [0.05, 0.1) is 0 Å². The van der Waals surface area contributed by atoms with Crippen molar-refractivity contribution < 1.29 is 4.79 Å². The van der Waals surface area contributed by atoms with Crippen molar-refractivity contribution in [3.05, 3.63) is 87.3 Å². The normalized spacial score (nSPS) is 11.9. The largest absolute Gasteiger partial charge is 0.306 e. The third-order valence-corrected chi connectivity index (χ3v) is 4.22. The number of nitrogens with one attached hydrogen (secondary N) is 1. The van der Waals surface area contributed by atoms with Gasteiger partial charge < -0.3 is 4.98 Å². The van der Waals surface area contributed by atoms with E-state index in [0.717, 1.165) is 11.1 Å². The van der Waals surface area contributed by atoms with Crippen LogP contribution >= 0.6 is 11.6 Å². The van der Waals surface area contributed by atoms with Crippen molar-refractivity contribution >= 4 is 17.4 Å². The molecule has 0 fully saturated rings. The van der Waals surface area contributed by atoms with Gasteiger partial charge in [0.1, 0.15) is 11.5 Å². The first-order valence-electron chi connectivity index (χ1n) is 7.98. The minimum atomic E-state index is -0.340. The molecule has 3 rings (SSSR count). The van der Waals surface area contributed by atoms with Crippen molar-refractivity contribution in [1.82, 2.24) is 9.97 Å². The lowest BCUT2D eigenvalue weighted by atomic mass is 9.95. The lowest BCUT2D eigenvalue weighted by Crippen LogP contribution is -2.15. The zero-order chi connectivity index (χ0) is 17.8. The zero-order valence-corrected chi connectivity index (χ0v) is 14.5. The minimum Gasteiger partial charge on any atom is -0.306 e. The Bertz CT molecular complexity index is 951. The number of nitrogens with zero attached hydrogens (tertiary/aromatic N) is 1. The van der Waals surface area contributed by atoms with E-state index in [1.807, 2.05) is 55.5 Å². The molecule has 2 aromatic carbocycles. The Labute approximate surface area is 150 Å². The highest BCUT2D eigenvalue weighted by Gasteiger charge is 2.16. The molecule has 0 aliphatic heterocycles. The average Bonchev–Trinajstić information content (AvgIpc) is 2.62.